The van der Waals surface area contributed by atoms with Gasteiger partial charge in [0.05, 0.1) is 6.26 Å². The molecule has 0 bridgehead atoms. The molecule has 0 saturated heterocycles. The maximum Gasteiger partial charge on any atom is 0.283 e. The van der Waals surface area contributed by atoms with E-state index >= 15 is 0 Å². The molecule has 0 aliphatic rings. The summed E-state index contributed by atoms with van der Waals surface area (Å²) in [6.45, 7) is 0. The lowest BCUT2D eigenvalue weighted by Crippen LogP contribution is -2.11. The van der Waals surface area contributed by atoms with Gasteiger partial charge in [-0.1, -0.05) is 42.5 Å². The molecule has 0 spiro atoms. The van der Waals surface area contributed by atoms with Gasteiger partial charge in [0.15, 0.2) is 5.76 Å². The summed E-state index contributed by atoms with van der Waals surface area (Å²) >= 11 is 0. The van der Waals surface area contributed by atoms with Crippen molar-refractivity contribution in [3.63, 3.8) is 0 Å². The summed E-state index contributed by atoms with van der Waals surface area (Å²) < 4.78 is 10.9. The molecule has 5 rings (SSSR count). The van der Waals surface area contributed by atoms with Crippen LogP contribution in [-0.4, -0.2) is 16.1 Å². The lowest BCUT2D eigenvalue weighted by Gasteiger charge is -2.07. The molecule has 0 fully saturated rings. The van der Waals surface area contributed by atoms with Crippen molar-refractivity contribution >= 4 is 11.6 Å². The Hall–Kier alpha value is -4.45. The number of hydrogen-bond acceptors (Lipinski definition) is 5. The first-order chi connectivity index (χ1) is 15.3. The van der Waals surface area contributed by atoms with E-state index < -0.39 is 0 Å². The molecule has 1 N–H and O–H groups in total. The Morgan fingerprint density at radius 2 is 1.35 bits per heavy atom. The fourth-order valence-electron chi connectivity index (χ4n) is 3.18. The molecule has 6 heteroatoms. The Bertz CT molecular complexity index is 1290. The predicted molar refractivity (Wildman–Crippen MR) is 117 cm³/mol. The highest BCUT2D eigenvalue weighted by Crippen LogP contribution is 2.25. The van der Waals surface area contributed by atoms with E-state index in [1.165, 1.54) is 0 Å². The van der Waals surface area contributed by atoms with Crippen LogP contribution in [0.25, 0.3) is 34.2 Å². The van der Waals surface area contributed by atoms with Gasteiger partial charge in [-0.25, -0.2) is 0 Å². The van der Waals surface area contributed by atoms with Gasteiger partial charge >= 0.3 is 0 Å². The molecular weight excluding hydrogens is 390 g/mol. The van der Waals surface area contributed by atoms with Crippen molar-refractivity contribution in [3.8, 4) is 34.2 Å². The van der Waals surface area contributed by atoms with Gasteiger partial charge in [-0.05, 0) is 59.7 Å². The predicted octanol–water partition coefficient (Wildman–Crippen LogP) is 5.92. The zero-order chi connectivity index (χ0) is 21.0. The molecule has 150 valence electrons. The fraction of sp³-hybridized carbons (Fsp3) is 0. The number of aromatic nitrogens is 2. The lowest BCUT2D eigenvalue weighted by molar-refractivity contribution is 0.102. The van der Waals surface area contributed by atoms with E-state index in [2.05, 4.69) is 15.5 Å². The van der Waals surface area contributed by atoms with Gasteiger partial charge in [0.2, 0.25) is 5.89 Å². The quantitative estimate of drug-likeness (QED) is 0.391. The van der Waals surface area contributed by atoms with Crippen LogP contribution >= 0.6 is 0 Å². The van der Waals surface area contributed by atoms with Gasteiger partial charge in [-0.15, -0.1) is 10.2 Å². The van der Waals surface area contributed by atoms with Crippen LogP contribution < -0.4 is 5.32 Å². The number of anilines is 1. The zero-order valence-electron chi connectivity index (χ0n) is 16.4. The summed E-state index contributed by atoms with van der Waals surface area (Å²) in [6, 6.07) is 28.3. The Kier molecular flexibility index (Phi) is 4.86. The topological polar surface area (TPSA) is 81.2 Å². The number of hydrogen-bond donors (Lipinski definition) is 1. The van der Waals surface area contributed by atoms with Crippen LogP contribution in [0, 0.1) is 0 Å². The third-order valence-corrected chi connectivity index (χ3v) is 4.80. The Labute approximate surface area is 178 Å². The smallest absolute Gasteiger partial charge is 0.283 e. The monoisotopic (exact) mass is 407 g/mol. The largest absolute Gasteiger partial charge is 0.459 e. The first-order valence-electron chi connectivity index (χ1n) is 9.71. The van der Waals surface area contributed by atoms with Crippen molar-refractivity contribution in [1.82, 2.24) is 10.2 Å². The van der Waals surface area contributed by atoms with Crippen LogP contribution in [0.1, 0.15) is 10.4 Å². The normalized spacial score (nSPS) is 10.7. The molecule has 5 aromatic rings. The molecule has 31 heavy (non-hydrogen) atoms. The van der Waals surface area contributed by atoms with Crippen molar-refractivity contribution < 1.29 is 13.6 Å². The van der Waals surface area contributed by atoms with E-state index in [1.807, 2.05) is 66.7 Å². The summed E-state index contributed by atoms with van der Waals surface area (Å²) in [5.74, 6) is 1.03. The molecule has 0 aliphatic carbocycles. The minimum absolute atomic E-state index is 0.176. The molecule has 0 radical (unpaired) electrons. The van der Waals surface area contributed by atoms with Crippen LogP contribution in [0.5, 0.6) is 0 Å². The number of nitrogens with one attached hydrogen (secondary N) is 1. The number of furan rings is 1. The Morgan fingerprint density at radius 1 is 0.677 bits per heavy atom. The summed E-state index contributed by atoms with van der Waals surface area (Å²) in [5.41, 5.74) is 4.18. The second-order valence-electron chi connectivity index (χ2n) is 6.86. The zero-order valence-corrected chi connectivity index (χ0v) is 16.4. The number of nitrogens with zero attached hydrogens (tertiary/aromatic N) is 2. The highest BCUT2D eigenvalue weighted by molar-refractivity contribution is 6.04. The molecule has 0 atom stereocenters. The van der Waals surface area contributed by atoms with Gasteiger partial charge in [0.1, 0.15) is 0 Å². The number of rotatable bonds is 5. The van der Waals surface area contributed by atoms with Gasteiger partial charge in [-0.2, -0.15) is 0 Å². The molecule has 0 aliphatic heterocycles. The third kappa shape index (κ3) is 4.00. The van der Waals surface area contributed by atoms with Crippen LogP contribution in [0.2, 0.25) is 0 Å². The van der Waals surface area contributed by atoms with Gasteiger partial charge in [-0.3, -0.25) is 4.79 Å². The van der Waals surface area contributed by atoms with E-state index in [-0.39, 0.29) is 5.91 Å². The molecule has 3 aromatic carbocycles. The van der Waals surface area contributed by atoms with Gasteiger partial charge < -0.3 is 14.2 Å². The molecule has 0 unspecified atom stereocenters. The van der Waals surface area contributed by atoms with Crippen molar-refractivity contribution in [2.24, 2.45) is 0 Å². The average Bonchev–Trinajstić information content (AvgIpc) is 3.53. The average molecular weight is 407 g/mol. The van der Waals surface area contributed by atoms with E-state index in [0.29, 0.717) is 28.8 Å². The summed E-state index contributed by atoms with van der Waals surface area (Å²) in [7, 11) is 0. The minimum Gasteiger partial charge on any atom is -0.459 e. The maximum atomic E-state index is 12.6. The molecule has 6 nitrogen and oxygen atoms in total. The third-order valence-electron chi connectivity index (χ3n) is 4.80. The Balaban J connectivity index is 1.27. The van der Waals surface area contributed by atoms with Crippen molar-refractivity contribution in [2.75, 3.05) is 5.32 Å². The van der Waals surface area contributed by atoms with E-state index in [0.717, 1.165) is 16.7 Å². The SMILES string of the molecule is O=C(Nc1ccc(-c2nnc(-c3ccco3)o2)cc1)c1ccc(-c2ccccc2)cc1. The van der Waals surface area contributed by atoms with Crippen molar-refractivity contribution in [2.45, 2.75) is 0 Å². The fourth-order valence-corrected chi connectivity index (χ4v) is 3.18. The summed E-state index contributed by atoms with van der Waals surface area (Å²) in [6.07, 6.45) is 1.55. The number of carbonyl (C=O) groups excluding carboxylic acids is 1. The standard InChI is InChI=1S/C25H17N3O3/c29-23(19-10-8-18(9-11-19)17-5-2-1-3-6-17)26-21-14-12-20(13-15-21)24-27-28-25(31-24)22-7-4-16-30-22/h1-16H,(H,26,29). The number of carbonyl (C=O) groups is 1. The molecule has 2 aromatic heterocycles. The van der Waals surface area contributed by atoms with Crippen LogP contribution in [-0.2, 0) is 0 Å². The first-order valence-corrected chi connectivity index (χ1v) is 9.71. The highest BCUT2D eigenvalue weighted by Gasteiger charge is 2.13. The summed E-state index contributed by atoms with van der Waals surface area (Å²) in [5, 5.41) is 10.9. The second kappa shape index (κ2) is 8.12. The summed E-state index contributed by atoms with van der Waals surface area (Å²) in [4.78, 5) is 12.6. The van der Waals surface area contributed by atoms with Gasteiger partial charge in [0, 0.05) is 16.8 Å². The lowest BCUT2D eigenvalue weighted by atomic mass is 10.0. The van der Waals surface area contributed by atoms with E-state index in [4.69, 9.17) is 8.83 Å². The molecular formula is C25H17N3O3. The molecule has 0 saturated carbocycles. The maximum absolute atomic E-state index is 12.6. The Morgan fingerprint density at radius 3 is 2.06 bits per heavy atom. The molecule has 2 heterocycles. The van der Waals surface area contributed by atoms with Crippen LogP contribution in [0.3, 0.4) is 0 Å². The van der Waals surface area contributed by atoms with Crippen LogP contribution in [0.15, 0.2) is 106 Å². The van der Waals surface area contributed by atoms with Gasteiger partial charge in [0.25, 0.3) is 11.8 Å². The second-order valence-corrected chi connectivity index (χ2v) is 6.86. The molecule has 1 amide bonds. The highest BCUT2D eigenvalue weighted by atomic mass is 16.4. The first kappa shape index (κ1) is 18.6. The van der Waals surface area contributed by atoms with Crippen molar-refractivity contribution in [1.29, 1.82) is 0 Å². The van der Waals surface area contributed by atoms with E-state index in [1.54, 1.807) is 30.5 Å². The van der Waals surface area contributed by atoms with E-state index in [9.17, 15) is 4.79 Å². The number of amides is 1. The minimum atomic E-state index is -0.176. The van der Waals surface area contributed by atoms with Crippen LogP contribution in [0.4, 0.5) is 5.69 Å². The van der Waals surface area contributed by atoms with Crippen molar-refractivity contribution in [3.05, 3.63) is 103 Å². The number of benzene rings is 3.